The van der Waals surface area contributed by atoms with Crippen molar-refractivity contribution in [3.05, 3.63) is 50.7 Å². The molecule has 1 saturated carbocycles. The van der Waals surface area contributed by atoms with E-state index in [1.807, 2.05) is 6.07 Å². The van der Waals surface area contributed by atoms with E-state index in [9.17, 15) is 10.1 Å². The summed E-state index contributed by atoms with van der Waals surface area (Å²) in [6.45, 7) is 0. The molecule has 0 radical (unpaired) electrons. The monoisotopic (exact) mass is 307 g/mol. The summed E-state index contributed by atoms with van der Waals surface area (Å²) in [4.78, 5) is 10.7. The van der Waals surface area contributed by atoms with E-state index in [1.54, 1.807) is 23.0 Å². The molecule has 1 heterocycles. The number of nitro benzene ring substituents is 1. The average Bonchev–Trinajstić information content (AvgIpc) is 3.08. The second-order valence-corrected chi connectivity index (χ2v) is 5.27. The Balaban J connectivity index is 2.06. The molecule has 1 aromatic heterocycles. The van der Waals surface area contributed by atoms with Crippen LogP contribution in [0.4, 0.5) is 5.69 Å². The molecule has 18 heavy (non-hydrogen) atoms. The Labute approximate surface area is 112 Å². The van der Waals surface area contributed by atoms with Crippen molar-refractivity contribution < 1.29 is 4.92 Å². The van der Waals surface area contributed by atoms with Gasteiger partial charge in [-0.1, -0.05) is 15.9 Å². The van der Waals surface area contributed by atoms with Gasteiger partial charge in [-0.3, -0.25) is 10.1 Å². The van der Waals surface area contributed by atoms with Gasteiger partial charge in [0.2, 0.25) is 0 Å². The van der Waals surface area contributed by atoms with Crippen LogP contribution in [0.15, 0.2) is 34.9 Å². The zero-order valence-electron chi connectivity index (χ0n) is 9.41. The highest BCUT2D eigenvalue weighted by Crippen LogP contribution is 2.39. The van der Waals surface area contributed by atoms with Crippen molar-refractivity contribution in [1.29, 1.82) is 0 Å². The number of nitrogens with zero attached hydrogens (tertiary/aromatic N) is 3. The lowest BCUT2D eigenvalue weighted by molar-refractivity contribution is -0.384. The first-order chi connectivity index (χ1) is 8.65. The molecule has 1 aliphatic rings. The molecule has 2 aromatic rings. The quantitative estimate of drug-likeness (QED) is 0.645. The van der Waals surface area contributed by atoms with Gasteiger partial charge in [-0.2, -0.15) is 5.10 Å². The lowest BCUT2D eigenvalue weighted by Crippen LogP contribution is -2.01. The summed E-state index contributed by atoms with van der Waals surface area (Å²) in [5.74, 6) is 0.542. The average molecular weight is 308 g/mol. The fraction of sp³-hybridized carbons (Fsp3) is 0.250. The van der Waals surface area contributed by atoms with Crippen molar-refractivity contribution in [3.63, 3.8) is 0 Å². The summed E-state index contributed by atoms with van der Waals surface area (Å²) in [6, 6.07) is 6.91. The third-order valence-corrected chi connectivity index (χ3v) is 3.48. The molecule has 0 saturated heterocycles. The fourth-order valence-corrected chi connectivity index (χ4v) is 2.25. The number of aromatic nitrogens is 2. The predicted octanol–water partition coefficient (Wildman–Crippen LogP) is 3.42. The van der Waals surface area contributed by atoms with Crippen LogP contribution in [0.2, 0.25) is 0 Å². The van der Waals surface area contributed by atoms with E-state index < -0.39 is 4.92 Å². The van der Waals surface area contributed by atoms with Gasteiger partial charge >= 0.3 is 0 Å². The van der Waals surface area contributed by atoms with Crippen LogP contribution in [0, 0.1) is 10.1 Å². The summed E-state index contributed by atoms with van der Waals surface area (Å²) in [5.41, 5.74) is 1.57. The fourth-order valence-electron chi connectivity index (χ4n) is 1.91. The molecule has 0 bridgehead atoms. The molecule has 0 N–H and O–H groups in total. The Morgan fingerprint density at radius 3 is 2.83 bits per heavy atom. The van der Waals surface area contributed by atoms with Crippen molar-refractivity contribution in [3.8, 4) is 5.69 Å². The maximum absolute atomic E-state index is 11.0. The van der Waals surface area contributed by atoms with Gasteiger partial charge < -0.3 is 0 Å². The Hall–Kier alpha value is -1.69. The van der Waals surface area contributed by atoms with Crippen molar-refractivity contribution >= 4 is 21.6 Å². The molecule has 92 valence electrons. The number of hydrogen-bond donors (Lipinski definition) is 0. The Morgan fingerprint density at radius 1 is 1.39 bits per heavy atom. The molecule has 0 atom stereocenters. The Morgan fingerprint density at radius 2 is 2.17 bits per heavy atom. The summed E-state index contributed by atoms with van der Waals surface area (Å²) in [7, 11) is 0. The molecule has 1 fully saturated rings. The highest BCUT2D eigenvalue weighted by atomic mass is 79.9. The zero-order valence-corrected chi connectivity index (χ0v) is 11.0. The minimum atomic E-state index is -0.390. The van der Waals surface area contributed by atoms with E-state index >= 15 is 0 Å². The first-order valence-electron chi connectivity index (χ1n) is 5.65. The predicted molar refractivity (Wildman–Crippen MR) is 69.9 cm³/mol. The lowest BCUT2D eigenvalue weighted by Gasteiger charge is -2.03. The molecule has 0 unspecified atom stereocenters. The normalized spacial score (nSPS) is 14.7. The zero-order chi connectivity index (χ0) is 12.7. The van der Waals surface area contributed by atoms with E-state index in [4.69, 9.17) is 0 Å². The molecule has 5 nitrogen and oxygen atoms in total. The Bertz CT molecular complexity index is 620. The summed E-state index contributed by atoms with van der Waals surface area (Å²) >= 11 is 3.24. The van der Waals surface area contributed by atoms with Crippen LogP contribution in [-0.4, -0.2) is 14.7 Å². The van der Waals surface area contributed by atoms with Crippen molar-refractivity contribution in [2.75, 3.05) is 0 Å². The van der Waals surface area contributed by atoms with Gasteiger partial charge in [-0.05, 0) is 31.0 Å². The third kappa shape index (κ3) is 2.03. The van der Waals surface area contributed by atoms with Crippen LogP contribution in [0.5, 0.6) is 0 Å². The highest BCUT2D eigenvalue weighted by Gasteiger charge is 2.26. The molecule has 1 aliphatic carbocycles. The second kappa shape index (κ2) is 4.20. The molecular formula is C12H10BrN3O2. The van der Waals surface area contributed by atoms with Crippen molar-refractivity contribution in [2.45, 2.75) is 18.8 Å². The standard InChI is InChI=1S/C12H10BrN3O2/c13-9-3-4-11(12(7-9)16(17)18)15-6-5-10(14-15)8-1-2-8/h3-8H,1-2H2. The van der Waals surface area contributed by atoms with Crippen LogP contribution in [0.1, 0.15) is 24.5 Å². The minimum Gasteiger partial charge on any atom is -0.258 e. The van der Waals surface area contributed by atoms with E-state index in [2.05, 4.69) is 21.0 Å². The summed E-state index contributed by atoms with van der Waals surface area (Å²) in [6.07, 6.45) is 4.11. The van der Waals surface area contributed by atoms with Gasteiger partial charge in [0.1, 0.15) is 5.69 Å². The molecular weight excluding hydrogens is 298 g/mol. The van der Waals surface area contributed by atoms with Gasteiger partial charge in [0.15, 0.2) is 0 Å². The molecule has 6 heteroatoms. The maximum atomic E-state index is 11.0. The molecule has 1 aromatic carbocycles. The lowest BCUT2D eigenvalue weighted by atomic mass is 10.3. The smallest absolute Gasteiger partial charge is 0.258 e. The van der Waals surface area contributed by atoms with E-state index in [1.165, 1.54) is 18.9 Å². The minimum absolute atomic E-state index is 0.0508. The highest BCUT2D eigenvalue weighted by molar-refractivity contribution is 9.10. The number of halogens is 1. The van der Waals surface area contributed by atoms with Crippen LogP contribution >= 0.6 is 15.9 Å². The van der Waals surface area contributed by atoms with Gasteiger partial charge in [-0.15, -0.1) is 0 Å². The first-order valence-corrected chi connectivity index (χ1v) is 6.44. The number of rotatable bonds is 3. The van der Waals surface area contributed by atoms with Crippen molar-refractivity contribution in [1.82, 2.24) is 9.78 Å². The SMILES string of the molecule is O=[N+]([O-])c1cc(Br)ccc1-n1ccc(C2CC2)n1. The van der Waals surface area contributed by atoms with E-state index in [-0.39, 0.29) is 5.69 Å². The van der Waals surface area contributed by atoms with Gasteiger partial charge in [0, 0.05) is 22.7 Å². The van der Waals surface area contributed by atoms with Crippen LogP contribution < -0.4 is 0 Å². The van der Waals surface area contributed by atoms with E-state index in [0.29, 0.717) is 16.1 Å². The summed E-state index contributed by atoms with van der Waals surface area (Å²) < 4.78 is 2.27. The third-order valence-electron chi connectivity index (χ3n) is 2.99. The number of benzene rings is 1. The Kier molecular flexibility index (Phi) is 2.66. The first kappa shape index (κ1) is 11.4. The van der Waals surface area contributed by atoms with Gasteiger partial charge in [0.05, 0.1) is 10.6 Å². The van der Waals surface area contributed by atoms with E-state index in [0.717, 1.165) is 5.69 Å². The molecule has 0 spiro atoms. The molecule has 3 rings (SSSR count). The maximum Gasteiger partial charge on any atom is 0.295 e. The molecule has 0 amide bonds. The topological polar surface area (TPSA) is 61.0 Å². The summed E-state index contributed by atoms with van der Waals surface area (Å²) in [5, 5.41) is 15.5. The number of hydrogen-bond acceptors (Lipinski definition) is 3. The van der Waals surface area contributed by atoms with Crippen LogP contribution in [0.25, 0.3) is 5.69 Å². The molecule has 0 aliphatic heterocycles. The van der Waals surface area contributed by atoms with Crippen LogP contribution in [0.3, 0.4) is 0 Å². The van der Waals surface area contributed by atoms with Gasteiger partial charge in [0.25, 0.3) is 5.69 Å². The largest absolute Gasteiger partial charge is 0.295 e. The van der Waals surface area contributed by atoms with Crippen molar-refractivity contribution in [2.24, 2.45) is 0 Å². The van der Waals surface area contributed by atoms with Crippen LogP contribution in [-0.2, 0) is 0 Å². The number of nitro groups is 1. The second-order valence-electron chi connectivity index (χ2n) is 4.35. The van der Waals surface area contributed by atoms with Gasteiger partial charge in [-0.25, -0.2) is 4.68 Å².